The number of fused-ring (bicyclic) bond motifs is 2. The first-order chi connectivity index (χ1) is 11.5. The third-order valence-corrected chi connectivity index (χ3v) is 3.55. The standard InChI is InChI=1S/C9H7NO3.C8H5NO2/c1-13-5-2-3-7-6(4-5)8(11)9(12)10-7;10-7-5-3-1-2-4-6(5)9-8(7)11/h2-4H,1H3,(H,10,11,12);1-4H,(H,9,10,11). The summed E-state index contributed by atoms with van der Waals surface area (Å²) in [6.07, 6.45) is 0. The second-order valence-electron chi connectivity index (χ2n) is 5.02. The lowest BCUT2D eigenvalue weighted by atomic mass is 10.1. The van der Waals surface area contributed by atoms with Crippen molar-refractivity contribution in [2.45, 2.75) is 0 Å². The fraction of sp³-hybridized carbons (Fsp3) is 0.0588. The molecule has 2 aromatic rings. The Kier molecular flexibility index (Phi) is 3.83. The normalized spacial score (nSPS) is 14.2. The summed E-state index contributed by atoms with van der Waals surface area (Å²) in [6.45, 7) is 0. The van der Waals surface area contributed by atoms with Crippen LogP contribution >= 0.6 is 0 Å². The third kappa shape index (κ3) is 2.63. The minimum absolute atomic E-state index is 0.379. The van der Waals surface area contributed by atoms with E-state index >= 15 is 0 Å². The summed E-state index contributed by atoms with van der Waals surface area (Å²) in [5, 5.41) is 4.91. The molecule has 4 rings (SSSR count). The van der Waals surface area contributed by atoms with Gasteiger partial charge in [-0.15, -0.1) is 0 Å². The molecular formula is C17H12N2O5. The van der Waals surface area contributed by atoms with E-state index in [1.165, 1.54) is 7.11 Å². The quantitative estimate of drug-likeness (QED) is 0.777. The Morgan fingerprint density at radius 3 is 1.96 bits per heavy atom. The van der Waals surface area contributed by atoms with Gasteiger partial charge in [-0.2, -0.15) is 0 Å². The summed E-state index contributed by atoms with van der Waals surface area (Å²) in [5.41, 5.74) is 2.01. The summed E-state index contributed by atoms with van der Waals surface area (Å²) in [4.78, 5) is 43.9. The van der Waals surface area contributed by atoms with Crippen molar-refractivity contribution in [1.29, 1.82) is 0 Å². The van der Waals surface area contributed by atoms with Gasteiger partial charge in [-0.05, 0) is 30.3 Å². The number of carbonyl (C=O) groups is 4. The van der Waals surface area contributed by atoms with E-state index in [0.717, 1.165) is 0 Å². The molecule has 0 spiro atoms. The molecule has 2 aliphatic heterocycles. The predicted octanol–water partition coefficient (Wildman–Crippen LogP) is 1.65. The van der Waals surface area contributed by atoms with E-state index < -0.39 is 23.4 Å². The van der Waals surface area contributed by atoms with Gasteiger partial charge in [-0.25, -0.2) is 0 Å². The fourth-order valence-electron chi connectivity index (χ4n) is 2.34. The maximum absolute atomic E-state index is 11.2. The molecule has 2 heterocycles. The lowest BCUT2D eigenvalue weighted by Crippen LogP contribution is -2.12. The summed E-state index contributed by atoms with van der Waals surface area (Å²) in [7, 11) is 1.51. The molecule has 0 bridgehead atoms. The van der Waals surface area contributed by atoms with Crippen LogP contribution in [-0.4, -0.2) is 30.5 Å². The van der Waals surface area contributed by atoms with Gasteiger partial charge in [0.1, 0.15) is 5.75 Å². The summed E-state index contributed by atoms with van der Waals surface area (Å²) in [5.74, 6) is -1.49. The van der Waals surface area contributed by atoms with Crippen LogP contribution in [0, 0.1) is 0 Å². The van der Waals surface area contributed by atoms with Gasteiger partial charge in [-0.3, -0.25) is 19.2 Å². The van der Waals surface area contributed by atoms with Gasteiger partial charge in [0, 0.05) is 0 Å². The Morgan fingerprint density at radius 2 is 1.33 bits per heavy atom. The molecule has 0 fully saturated rings. The minimum Gasteiger partial charge on any atom is -0.497 e. The number of para-hydroxylation sites is 1. The molecule has 2 aliphatic rings. The molecule has 7 nitrogen and oxygen atoms in total. The zero-order valence-corrected chi connectivity index (χ0v) is 12.6. The topological polar surface area (TPSA) is 102 Å². The van der Waals surface area contributed by atoms with Crippen LogP contribution in [0.1, 0.15) is 20.7 Å². The minimum atomic E-state index is -0.580. The molecule has 120 valence electrons. The molecule has 0 radical (unpaired) electrons. The molecule has 0 saturated carbocycles. The molecule has 2 amide bonds. The largest absolute Gasteiger partial charge is 0.497 e. The zero-order chi connectivity index (χ0) is 17.3. The lowest BCUT2D eigenvalue weighted by Gasteiger charge is -2.00. The highest BCUT2D eigenvalue weighted by molar-refractivity contribution is 6.52. The molecule has 0 aromatic heterocycles. The van der Waals surface area contributed by atoms with Crippen LogP contribution in [0.15, 0.2) is 42.5 Å². The Bertz CT molecular complexity index is 888. The number of methoxy groups -OCH3 is 1. The Balaban J connectivity index is 0.000000143. The Labute approximate surface area is 136 Å². The van der Waals surface area contributed by atoms with E-state index in [9.17, 15) is 19.2 Å². The molecule has 0 unspecified atom stereocenters. The van der Waals surface area contributed by atoms with E-state index in [1.54, 1.807) is 42.5 Å². The number of rotatable bonds is 1. The highest BCUT2D eigenvalue weighted by Crippen LogP contribution is 2.26. The first-order valence-electron chi connectivity index (χ1n) is 6.99. The van der Waals surface area contributed by atoms with E-state index in [-0.39, 0.29) is 0 Å². The molecule has 0 aliphatic carbocycles. The van der Waals surface area contributed by atoms with Gasteiger partial charge in [0.2, 0.25) is 0 Å². The number of Topliss-reactive ketones (excluding diaryl/α,β-unsaturated/α-hetero) is 2. The van der Waals surface area contributed by atoms with Crippen molar-refractivity contribution in [2.75, 3.05) is 17.7 Å². The van der Waals surface area contributed by atoms with Gasteiger partial charge >= 0.3 is 0 Å². The first kappa shape index (κ1) is 15.4. The van der Waals surface area contributed by atoms with Crippen molar-refractivity contribution in [3.8, 4) is 5.75 Å². The van der Waals surface area contributed by atoms with Crippen LogP contribution in [0.3, 0.4) is 0 Å². The average Bonchev–Trinajstić information content (AvgIpc) is 3.05. The number of nitrogens with one attached hydrogen (secondary N) is 2. The average molecular weight is 324 g/mol. The molecule has 2 N–H and O–H groups in total. The van der Waals surface area contributed by atoms with Crippen molar-refractivity contribution in [3.05, 3.63) is 53.6 Å². The number of hydrogen-bond acceptors (Lipinski definition) is 5. The molecule has 7 heteroatoms. The Morgan fingerprint density at radius 1 is 0.750 bits per heavy atom. The van der Waals surface area contributed by atoms with Crippen LogP contribution in [-0.2, 0) is 9.59 Å². The number of amides is 2. The monoisotopic (exact) mass is 324 g/mol. The maximum atomic E-state index is 11.2. The molecular weight excluding hydrogens is 312 g/mol. The maximum Gasteiger partial charge on any atom is 0.296 e. The van der Waals surface area contributed by atoms with Gasteiger partial charge in [0.25, 0.3) is 23.4 Å². The second kappa shape index (κ2) is 5.96. The lowest BCUT2D eigenvalue weighted by molar-refractivity contribution is -0.112. The SMILES string of the molecule is COc1ccc2c(c1)C(=O)C(=O)N2.O=C1Nc2ccccc2C1=O. The third-order valence-electron chi connectivity index (χ3n) is 3.55. The second-order valence-corrected chi connectivity index (χ2v) is 5.02. The van der Waals surface area contributed by atoms with E-state index in [2.05, 4.69) is 10.6 Å². The van der Waals surface area contributed by atoms with Gasteiger partial charge in [-0.1, -0.05) is 12.1 Å². The molecule has 0 saturated heterocycles. The van der Waals surface area contributed by atoms with Crippen LogP contribution in [0.25, 0.3) is 0 Å². The molecule has 24 heavy (non-hydrogen) atoms. The number of hydrogen-bond donors (Lipinski definition) is 2. The van der Waals surface area contributed by atoms with E-state index in [1.807, 2.05) is 0 Å². The number of anilines is 2. The van der Waals surface area contributed by atoms with Gasteiger partial charge < -0.3 is 15.4 Å². The number of ether oxygens (including phenoxy) is 1. The summed E-state index contributed by atoms with van der Waals surface area (Å²) in [6, 6.07) is 11.7. The predicted molar refractivity (Wildman–Crippen MR) is 85.4 cm³/mol. The molecule has 0 atom stereocenters. The van der Waals surface area contributed by atoms with E-state index in [4.69, 9.17) is 4.74 Å². The van der Waals surface area contributed by atoms with Crippen molar-refractivity contribution < 1.29 is 23.9 Å². The van der Waals surface area contributed by atoms with Gasteiger partial charge in [0.15, 0.2) is 0 Å². The van der Waals surface area contributed by atoms with Crippen LogP contribution in [0.4, 0.5) is 11.4 Å². The Hall–Kier alpha value is -3.48. The highest BCUT2D eigenvalue weighted by Gasteiger charge is 2.28. The van der Waals surface area contributed by atoms with Crippen molar-refractivity contribution in [3.63, 3.8) is 0 Å². The van der Waals surface area contributed by atoms with Crippen molar-refractivity contribution >= 4 is 34.8 Å². The van der Waals surface area contributed by atoms with Crippen LogP contribution in [0.5, 0.6) is 5.75 Å². The van der Waals surface area contributed by atoms with Crippen LogP contribution in [0.2, 0.25) is 0 Å². The smallest absolute Gasteiger partial charge is 0.296 e. The first-order valence-corrected chi connectivity index (χ1v) is 6.99. The zero-order valence-electron chi connectivity index (χ0n) is 12.6. The summed E-state index contributed by atoms with van der Waals surface area (Å²) < 4.78 is 4.93. The van der Waals surface area contributed by atoms with Crippen molar-refractivity contribution in [1.82, 2.24) is 0 Å². The molecule has 2 aromatic carbocycles. The van der Waals surface area contributed by atoms with Crippen molar-refractivity contribution in [2.24, 2.45) is 0 Å². The summed E-state index contributed by atoms with van der Waals surface area (Å²) >= 11 is 0. The van der Waals surface area contributed by atoms with Gasteiger partial charge in [0.05, 0.1) is 29.6 Å². The highest BCUT2D eigenvalue weighted by atomic mass is 16.5. The van der Waals surface area contributed by atoms with Crippen LogP contribution < -0.4 is 15.4 Å². The fourth-order valence-corrected chi connectivity index (χ4v) is 2.34. The van der Waals surface area contributed by atoms with E-state index in [0.29, 0.717) is 28.3 Å². The number of carbonyl (C=O) groups excluding carboxylic acids is 4. The number of benzene rings is 2. The number of ketones is 2.